The summed E-state index contributed by atoms with van der Waals surface area (Å²) < 4.78 is 0. The molecule has 0 aromatic heterocycles. The number of rotatable bonds is 2. The Labute approximate surface area is 97.1 Å². The van der Waals surface area contributed by atoms with Gasteiger partial charge in [0.15, 0.2) is 0 Å². The minimum Gasteiger partial charge on any atom is -0.316 e. The third-order valence-electron chi connectivity index (χ3n) is 5.89. The van der Waals surface area contributed by atoms with E-state index in [2.05, 4.69) is 0 Å². The summed E-state index contributed by atoms with van der Waals surface area (Å²) in [7, 11) is 0. The first-order valence-electron chi connectivity index (χ1n) is 6.62. The van der Waals surface area contributed by atoms with Crippen LogP contribution in [0.4, 0.5) is 0 Å². The summed E-state index contributed by atoms with van der Waals surface area (Å²) in [5, 5.41) is 0. The first kappa shape index (κ1) is 11.0. The van der Waals surface area contributed by atoms with Crippen molar-refractivity contribution in [2.75, 3.05) is 0 Å². The Balaban J connectivity index is 2.02. The quantitative estimate of drug-likeness (QED) is 0.492. The van der Waals surface area contributed by atoms with E-state index >= 15 is 0 Å². The predicted octanol–water partition coefficient (Wildman–Crippen LogP) is -0.0841. The Morgan fingerprint density at radius 3 is 1.56 bits per heavy atom. The molecular formula is C12H24N4. The van der Waals surface area contributed by atoms with Crippen molar-refractivity contribution in [1.82, 2.24) is 0 Å². The van der Waals surface area contributed by atoms with Gasteiger partial charge in [0.1, 0.15) is 0 Å². The molecule has 16 heavy (non-hydrogen) atoms. The zero-order chi connectivity index (χ0) is 11.5. The molecule has 0 saturated heterocycles. The second kappa shape index (κ2) is 3.42. The van der Waals surface area contributed by atoms with Crippen LogP contribution in [-0.4, -0.2) is 12.3 Å². The highest BCUT2D eigenvalue weighted by Crippen LogP contribution is 2.68. The first-order chi connectivity index (χ1) is 7.60. The molecule has 0 amide bonds. The Morgan fingerprint density at radius 2 is 1.19 bits per heavy atom. The lowest BCUT2D eigenvalue weighted by Gasteiger charge is -2.42. The fraction of sp³-hybridized carbons (Fsp3) is 1.00. The van der Waals surface area contributed by atoms with Crippen molar-refractivity contribution < 1.29 is 0 Å². The van der Waals surface area contributed by atoms with Crippen molar-refractivity contribution in [3.05, 3.63) is 0 Å². The number of fused-ring (bicyclic) bond motifs is 5. The molecule has 3 saturated carbocycles. The Kier molecular flexibility index (Phi) is 2.34. The molecule has 3 rings (SSSR count). The molecule has 3 fully saturated rings. The largest absolute Gasteiger partial charge is 0.316 e. The van der Waals surface area contributed by atoms with Gasteiger partial charge in [0.2, 0.25) is 0 Å². The van der Waals surface area contributed by atoms with E-state index in [0.29, 0.717) is 11.8 Å². The molecule has 0 radical (unpaired) electrons. The molecule has 92 valence electrons. The van der Waals surface area contributed by atoms with Crippen molar-refractivity contribution in [3.63, 3.8) is 0 Å². The SMILES string of the molecule is NC(N)C1(C(N)N)C2CCC1C1CCCC12. The zero-order valence-electron chi connectivity index (χ0n) is 9.81. The lowest BCUT2D eigenvalue weighted by atomic mass is 9.70. The van der Waals surface area contributed by atoms with E-state index in [9.17, 15) is 0 Å². The lowest BCUT2D eigenvalue weighted by molar-refractivity contribution is 0.0882. The Morgan fingerprint density at radius 1 is 0.750 bits per heavy atom. The molecule has 0 aliphatic heterocycles. The average molecular weight is 224 g/mol. The third kappa shape index (κ3) is 1.04. The summed E-state index contributed by atoms with van der Waals surface area (Å²) in [6.45, 7) is 0. The highest BCUT2D eigenvalue weighted by Gasteiger charge is 2.67. The summed E-state index contributed by atoms with van der Waals surface area (Å²) in [6, 6.07) is 0. The molecule has 3 aliphatic carbocycles. The van der Waals surface area contributed by atoms with Gasteiger partial charge >= 0.3 is 0 Å². The topological polar surface area (TPSA) is 104 Å². The van der Waals surface area contributed by atoms with Gasteiger partial charge in [-0.05, 0) is 49.4 Å². The minimum absolute atomic E-state index is 0.171. The maximum absolute atomic E-state index is 6.08. The highest BCUT2D eigenvalue weighted by atomic mass is 15.0. The Hall–Kier alpha value is -0.160. The molecule has 8 N–H and O–H groups in total. The maximum atomic E-state index is 6.08. The average Bonchev–Trinajstić information content (AvgIpc) is 2.87. The minimum atomic E-state index is -0.351. The van der Waals surface area contributed by atoms with Crippen LogP contribution in [-0.2, 0) is 0 Å². The van der Waals surface area contributed by atoms with E-state index in [1.54, 1.807) is 0 Å². The molecule has 4 nitrogen and oxygen atoms in total. The van der Waals surface area contributed by atoms with Gasteiger partial charge in [-0.2, -0.15) is 0 Å². The van der Waals surface area contributed by atoms with Crippen LogP contribution in [0.2, 0.25) is 0 Å². The molecule has 4 heteroatoms. The van der Waals surface area contributed by atoms with Crippen molar-refractivity contribution >= 4 is 0 Å². The van der Waals surface area contributed by atoms with Gasteiger partial charge in [-0.3, -0.25) is 0 Å². The maximum Gasteiger partial charge on any atom is 0.0612 e. The van der Waals surface area contributed by atoms with Gasteiger partial charge in [-0.15, -0.1) is 0 Å². The number of nitrogens with two attached hydrogens (primary N) is 4. The third-order valence-corrected chi connectivity index (χ3v) is 5.89. The van der Waals surface area contributed by atoms with E-state index in [4.69, 9.17) is 22.9 Å². The smallest absolute Gasteiger partial charge is 0.0612 e. The molecular weight excluding hydrogens is 200 g/mol. The van der Waals surface area contributed by atoms with Gasteiger partial charge < -0.3 is 22.9 Å². The van der Waals surface area contributed by atoms with Crippen LogP contribution in [0.15, 0.2) is 0 Å². The van der Waals surface area contributed by atoms with Gasteiger partial charge in [-0.25, -0.2) is 0 Å². The monoisotopic (exact) mass is 224 g/mol. The van der Waals surface area contributed by atoms with E-state index in [0.717, 1.165) is 11.8 Å². The number of hydrogen-bond donors (Lipinski definition) is 4. The molecule has 0 heterocycles. The van der Waals surface area contributed by atoms with Crippen LogP contribution in [0.3, 0.4) is 0 Å². The lowest BCUT2D eigenvalue weighted by Crippen LogP contribution is -2.64. The molecule has 0 aromatic rings. The van der Waals surface area contributed by atoms with Crippen LogP contribution in [0.5, 0.6) is 0 Å². The molecule has 3 aliphatic rings. The molecule has 4 unspecified atom stereocenters. The summed E-state index contributed by atoms with van der Waals surface area (Å²) in [6.07, 6.45) is 5.83. The molecule has 2 bridgehead atoms. The standard InChI is InChI=1S/C12H24N4/c13-10(14)12(11(15)16)8-4-5-9(12)7-3-1-2-6(7)8/h6-11H,1-5,13-16H2. The second-order valence-corrected chi connectivity index (χ2v) is 6.10. The van der Waals surface area contributed by atoms with Gasteiger partial charge in [-0.1, -0.05) is 6.42 Å². The Bertz CT molecular complexity index is 261. The summed E-state index contributed by atoms with van der Waals surface area (Å²) in [5.41, 5.74) is 24.1. The summed E-state index contributed by atoms with van der Waals surface area (Å²) in [5.74, 6) is 2.79. The van der Waals surface area contributed by atoms with Crippen molar-refractivity contribution in [1.29, 1.82) is 0 Å². The summed E-state index contributed by atoms with van der Waals surface area (Å²) in [4.78, 5) is 0. The van der Waals surface area contributed by atoms with Crippen LogP contribution in [0.25, 0.3) is 0 Å². The molecule has 0 aromatic carbocycles. The highest BCUT2D eigenvalue weighted by molar-refractivity contribution is 5.16. The summed E-state index contributed by atoms with van der Waals surface area (Å²) >= 11 is 0. The van der Waals surface area contributed by atoms with E-state index in [1.165, 1.54) is 32.1 Å². The van der Waals surface area contributed by atoms with Gasteiger partial charge in [0.05, 0.1) is 12.3 Å². The molecule has 4 atom stereocenters. The van der Waals surface area contributed by atoms with Crippen LogP contribution in [0.1, 0.15) is 32.1 Å². The van der Waals surface area contributed by atoms with E-state index < -0.39 is 0 Å². The zero-order valence-corrected chi connectivity index (χ0v) is 9.81. The van der Waals surface area contributed by atoms with Crippen molar-refractivity contribution in [2.24, 2.45) is 52.0 Å². The van der Waals surface area contributed by atoms with Crippen molar-refractivity contribution in [2.45, 2.75) is 44.4 Å². The van der Waals surface area contributed by atoms with Crippen molar-refractivity contribution in [3.8, 4) is 0 Å². The normalized spacial score (nSPS) is 44.6. The van der Waals surface area contributed by atoms with E-state index in [1.807, 2.05) is 0 Å². The predicted molar refractivity (Wildman–Crippen MR) is 63.8 cm³/mol. The van der Waals surface area contributed by atoms with Gasteiger partial charge in [0, 0.05) is 5.41 Å². The fourth-order valence-corrected chi connectivity index (χ4v) is 5.53. The fourth-order valence-electron chi connectivity index (χ4n) is 5.53. The first-order valence-corrected chi connectivity index (χ1v) is 6.62. The molecule has 0 spiro atoms. The number of hydrogen-bond acceptors (Lipinski definition) is 4. The van der Waals surface area contributed by atoms with Crippen LogP contribution >= 0.6 is 0 Å². The van der Waals surface area contributed by atoms with Gasteiger partial charge in [0.25, 0.3) is 0 Å². The second-order valence-electron chi connectivity index (χ2n) is 6.10. The van der Waals surface area contributed by atoms with Crippen LogP contribution in [0, 0.1) is 29.1 Å². The van der Waals surface area contributed by atoms with E-state index in [-0.39, 0.29) is 17.7 Å². The van der Waals surface area contributed by atoms with Crippen LogP contribution < -0.4 is 22.9 Å².